The highest BCUT2D eigenvalue weighted by Gasteiger charge is 2.17. The predicted molar refractivity (Wildman–Crippen MR) is 83.3 cm³/mol. The van der Waals surface area contributed by atoms with E-state index in [0.29, 0.717) is 12.1 Å². The van der Waals surface area contributed by atoms with Gasteiger partial charge in [-0.1, -0.05) is 30.3 Å². The van der Waals surface area contributed by atoms with Gasteiger partial charge in [-0.2, -0.15) is 0 Å². The molecule has 0 spiro atoms. The summed E-state index contributed by atoms with van der Waals surface area (Å²) in [6, 6.07) is 14.9. The second kappa shape index (κ2) is 7.35. The Kier molecular flexibility index (Phi) is 5.24. The van der Waals surface area contributed by atoms with E-state index < -0.39 is 12.0 Å². The fourth-order valence-electron chi connectivity index (χ4n) is 2.00. The third kappa shape index (κ3) is 4.15. The first kappa shape index (κ1) is 15.7. The van der Waals surface area contributed by atoms with Crippen molar-refractivity contribution in [2.75, 3.05) is 5.32 Å². The van der Waals surface area contributed by atoms with Gasteiger partial charge in [0.2, 0.25) is 5.91 Å². The number of aromatic carboxylic acids is 1. The maximum absolute atomic E-state index is 12.2. The van der Waals surface area contributed by atoms with Crippen molar-refractivity contribution in [1.82, 2.24) is 5.43 Å². The molecule has 1 atom stereocenters. The number of carbonyl (C=O) groups is 2. The summed E-state index contributed by atoms with van der Waals surface area (Å²) < 4.78 is 0. The molecule has 0 bridgehead atoms. The smallest absolute Gasteiger partial charge is 0.335 e. The number of nitrogens with two attached hydrogens (primary N) is 1. The molecule has 0 unspecified atom stereocenters. The zero-order valence-corrected chi connectivity index (χ0v) is 11.8. The van der Waals surface area contributed by atoms with Gasteiger partial charge in [0, 0.05) is 5.69 Å². The Morgan fingerprint density at radius 1 is 1.05 bits per heavy atom. The first-order valence-corrected chi connectivity index (χ1v) is 6.74. The Morgan fingerprint density at radius 3 is 2.23 bits per heavy atom. The van der Waals surface area contributed by atoms with Crippen molar-refractivity contribution < 1.29 is 14.7 Å². The minimum absolute atomic E-state index is 0.163. The Balaban J connectivity index is 2.01. The maximum Gasteiger partial charge on any atom is 0.335 e. The molecule has 6 nitrogen and oxygen atoms in total. The van der Waals surface area contributed by atoms with Crippen LogP contribution in [0.25, 0.3) is 0 Å². The van der Waals surface area contributed by atoms with Crippen molar-refractivity contribution in [2.24, 2.45) is 5.84 Å². The summed E-state index contributed by atoms with van der Waals surface area (Å²) in [5, 5.41) is 11.5. The number of anilines is 1. The minimum atomic E-state index is -1.01. The molecule has 2 aromatic rings. The molecule has 0 fully saturated rings. The first-order valence-electron chi connectivity index (χ1n) is 6.74. The van der Waals surface area contributed by atoms with Crippen molar-refractivity contribution in [3.05, 3.63) is 65.7 Å². The molecule has 0 saturated heterocycles. The molecule has 0 aliphatic heterocycles. The second-order valence-electron chi connectivity index (χ2n) is 4.78. The molecule has 114 valence electrons. The Morgan fingerprint density at radius 2 is 1.68 bits per heavy atom. The first-order chi connectivity index (χ1) is 10.6. The normalized spacial score (nSPS) is 11.7. The van der Waals surface area contributed by atoms with E-state index in [1.807, 2.05) is 30.3 Å². The number of carboxylic acid groups (broad SMARTS) is 1. The molecule has 2 aromatic carbocycles. The third-order valence-corrected chi connectivity index (χ3v) is 3.20. The van der Waals surface area contributed by atoms with Crippen molar-refractivity contribution in [2.45, 2.75) is 12.5 Å². The van der Waals surface area contributed by atoms with Crippen LogP contribution < -0.4 is 16.6 Å². The molecule has 1 amide bonds. The van der Waals surface area contributed by atoms with Crippen molar-refractivity contribution in [1.29, 1.82) is 0 Å². The summed E-state index contributed by atoms with van der Waals surface area (Å²) in [4.78, 5) is 23.0. The number of carboxylic acids is 1. The van der Waals surface area contributed by atoms with Crippen LogP contribution in [0.3, 0.4) is 0 Å². The van der Waals surface area contributed by atoms with E-state index in [4.69, 9.17) is 10.9 Å². The molecular formula is C16H17N3O3. The van der Waals surface area contributed by atoms with E-state index in [2.05, 4.69) is 10.7 Å². The van der Waals surface area contributed by atoms with Crippen molar-refractivity contribution >= 4 is 17.6 Å². The molecule has 22 heavy (non-hydrogen) atoms. The van der Waals surface area contributed by atoms with Gasteiger partial charge in [-0.05, 0) is 36.2 Å². The van der Waals surface area contributed by atoms with E-state index in [9.17, 15) is 9.59 Å². The van der Waals surface area contributed by atoms with Gasteiger partial charge >= 0.3 is 5.97 Å². The lowest BCUT2D eigenvalue weighted by molar-refractivity contribution is -0.118. The molecule has 0 radical (unpaired) electrons. The standard InChI is InChI=1S/C16H17N3O3/c17-19-14(10-11-4-2-1-3-5-11)15(20)18-13-8-6-12(7-9-13)16(21)22/h1-9,14,19H,10,17H2,(H,18,20)(H,21,22)/t14-/m0/s1. The third-order valence-electron chi connectivity index (χ3n) is 3.20. The summed E-state index contributed by atoms with van der Waals surface area (Å²) in [5.41, 5.74) is 4.16. The van der Waals surface area contributed by atoms with Crippen LogP contribution in [-0.4, -0.2) is 23.0 Å². The van der Waals surface area contributed by atoms with Crippen LogP contribution in [0.1, 0.15) is 15.9 Å². The Bertz CT molecular complexity index is 641. The van der Waals surface area contributed by atoms with Gasteiger partial charge in [-0.15, -0.1) is 0 Å². The van der Waals surface area contributed by atoms with Gasteiger partial charge < -0.3 is 10.4 Å². The topological polar surface area (TPSA) is 104 Å². The summed E-state index contributed by atoms with van der Waals surface area (Å²) >= 11 is 0. The van der Waals surface area contributed by atoms with Crippen LogP contribution >= 0.6 is 0 Å². The van der Waals surface area contributed by atoms with Crippen LogP contribution in [-0.2, 0) is 11.2 Å². The minimum Gasteiger partial charge on any atom is -0.478 e. The Labute approximate surface area is 127 Å². The largest absolute Gasteiger partial charge is 0.478 e. The molecule has 6 heteroatoms. The summed E-state index contributed by atoms with van der Waals surface area (Å²) in [5.74, 6) is 4.16. The second-order valence-corrected chi connectivity index (χ2v) is 4.78. The number of hydrogen-bond donors (Lipinski definition) is 4. The average Bonchev–Trinajstić information content (AvgIpc) is 2.54. The van der Waals surface area contributed by atoms with Gasteiger partial charge in [-0.25, -0.2) is 10.2 Å². The molecule has 2 rings (SSSR count). The maximum atomic E-state index is 12.2. The zero-order valence-electron chi connectivity index (χ0n) is 11.8. The molecule has 0 aliphatic rings. The fraction of sp³-hybridized carbons (Fsp3) is 0.125. The van der Waals surface area contributed by atoms with Gasteiger partial charge in [0.05, 0.1) is 5.56 Å². The molecule has 0 heterocycles. The van der Waals surface area contributed by atoms with E-state index in [1.54, 1.807) is 0 Å². The van der Waals surface area contributed by atoms with E-state index in [0.717, 1.165) is 5.56 Å². The summed E-state index contributed by atoms with van der Waals surface area (Å²) in [6.45, 7) is 0. The highest BCUT2D eigenvalue weighted by atomic mass is 16.4. The van der Waals surface area contributed by atoms with Gasteiger partial charge in [-0.3, -0.25) is 10.6 Å². The Hall–Kier alpha value is -2.70. The van der Waals surface area contributed by atoms with E-state index in [-0.39, 0.29) is 11.5 Å². The number of carbonyl (C=O) groups excluding carboxylic acids is 1. The summed E-state index contributed by atoms with van der Waals surface area (Å²) in [6.07, 6.45) is 0.455. The molecule has 0 aromatic heterocycles. The van der Waals surface area contributed by atoms with Crippen molar-refractivity contribution in [3.63, 3.8) is 0 Å². The quantitative estimate of drug-likeness (QED) is 0.477. The van der Waals surface area contributed by atoms with Crippen LogP contribution in [0, 0.1) is 0 Å². The number of amides is 1. The summed E-state index contributed by atoms with van der Waals surface area (Å²) in [7, 11) is 0. The fourth-order valence-corrected chi connectivity index (χ4v) is 2.00. The highest BCUT2D eigenvalue weighted by Crippen LogP contribution is 2.11. The van der Waals surface area contributed by atoms with Gasteiger partial charge in [0.25, 0.3) is 0 Å². The lowest BCUT2D eigenvalue weighted by Gasteiger charge is -2.16. The van der Waals surface area contributed by atoms with Crippen LogP contribution in [0.5, 0.6) is 0 Å². The highest BCUT2D eigenvalue weighted by molar-refractivity contribution is 5.95. The number of rotatable bonds is 6. The molecule has 0 saturated carbocycles. The monoisotopic (exact) mass is 299 g/mol. The lowest BCUT2D eigenvalue weighted by Crippen LogP contribution is -2.45. The lowest BCUT2D eigenvalue weighted by atomic mass is 10.1. The van der Waals surface area contributed by atoms with Gasteiger partial charge in [0.15, 0.2) is 0 Å². The molecule has 5 N–H and O–H groups in total. The van der Waals surface area contributed by atoms with Crippen LogP contribution in [0.2, 0.25) is 0 Å². The SMILES string of the molecule is NN[C@@H](Cc1ccccc1)C(=O)Nc1ccc(C(=O)O)cc1. The number of hydrazine groups is 1. The number of hydrogen-bond acceptors (Lipinski definition) is 4. The van der Waals surface area contributed by atoms with E-state index >= 15 is 0 Å². The predicted octanol–water partition coefficient (Wildman–Crippen LogP) is 1.40. The number of nitrogens with one attached hydrogen (secondary N) is 2. The molecular weight excluding hydrogens is 282 g/mol. The molecule has 0 aliphatic carbocycles. The van der Waals surface area contributed by atoms with Crippen molar-refractivity contribution in [3.8, 4) is 0 Å². The zero-order chi connectivity index (χ0) is 15.9. The average molecular weight is 299 g/mol. The van der Waals surface area contributed by atoms with Crippen LogP contribution in [0.4, 0.5) is 5.69 Å². The van der Waals surface area contributed by atoms with E-state index in [1.165, 1.54) is 24.3 Å². The van der Waals surface area contributed by atoms with Gasteiger partial charge in [0.1, 0.15) is 6.04 Å². The van der Waals surface area contributed by atoms with Crippen LogP contribution in [0.15, 0.2) is 54.6 Å². The number of benzene rings is 2.